The van der Waals surface area contributed by atoms with Crippen LogP contribution in [-0.2, 0) is 11.0 Å². The summed E-state index contributed by atoms with van der Waals surface area (Å²) in [5.41, 5.74) is -1.39. The maximum atomic E-state index is 12.8. The van der Waals surface area contributed by atoms with Crippen molar-refractivity contribution in [2.24, 2.45) is 0 Å². The van der Waals surface area contributed by atoms with Crippen LogP contribution >= 0.6 is 0 Å². The van der Waals surface area contributed by atoms with Crippen molar-refractivity contribution in [1.82, 2.24) is 0 Å². The Morgan fingerprint density at radius 2 is 1.83 bits per heavy atom. The lowest BCUT2D eigenvalue weighted by Crippen LogP contribution is -2.13. The van der Waals surface area contributed by atoms with E-state index in [1.54, 1.807) is 0 Å². The first kappa shape index (κ1) is 16.2. The molecule has 0 aliphatic heterocycles. The highest BCUT2D eigenvalue weighted by molar-refractivity contribution is 5.72. The fourth-order valence-electron chi connectivity index (χ4n) is 1.03. The van der Waals surface area contributed by atoms with Crippen LogP contribution in [0.25, 0.3) is 0 Å². The van der Waals surface area contributed by atoms with Gasteiger partial charge >= 0.3 is 12.1 Å². The first-order chi connectivity index (χ1) is 8.29. The van der Waals surface area contributed by atoms with E-state index < -0.39 is 30.1 Å². The average Bonchev–Trinajstić information content (AvgIpc) is 2.27. The molecule has 0 unspecified atom stereocenters. The van der Waals surface area contributed by atoms with Crippen LogP contribution in [0.3, 0.4) is 0 Å². The highest BCUT2D eigenvalue weighted by atomic mass is 19.4. The van der Waals surface area contributed by atoms with Crippen molar-refractivity contribution in [2.75, 3.05) is 11.9 Å². The zero-order valence-corrected chi connectivity index (χ0v) is 9.81. The molecule has 0 aliphatic carbocycles. The second-order valence-electron chi connectivity index (χ2n) is 2.97. The first-order valence-corrected chi connectivity index (χ1v) is 5.12. The third-order valence-corrected chi connectivity index (χ3v) is 1.67. The number of hydrogen-bond acceptors (Lipinski definition) is 2. The number of aliphatic carboxylic acids is 1. The van der Waals surface area contributed by atoms with Crippen molar-refractivity contribution in [3.8, 4) is 0 Å². The van der Waals surface area contributed by atoms with Gasteiger partial charge in [0.1, 0.15) is 12.4 Å². The lowest BCUT2D eigenvalue weighted by Gasteiger charge is -2.09. The predicted octanol–water partition coefficient (Wildman–Crippen LogP) is 3.37. The summed E-state index contributed by atoms with van der Waals surface area (Å²) in [5.74, 6) is -2.33. The molecule has 0 bridgehead atoms. The third-order valence-electron chi connectivity index (χ3n) is 1.67. The number of rotatable bonds is 3. The Kier molecular flexibility index (Phi) is 6.15. The lowest BCUT2D eigenvalue weighted by atomic mass is 10.2. The van der Waals surface area contributed by atoms with E-state index in [2.05, 4.69) is 5.32 Å². The number of alkyl halides is 3. The fraction of sp³-hybridized carbons (Fsp3) is 0.364. The van der Waals surface area contributed by atoms with E-state index in [4.69, 9.17) is 5.11 Å². The van der Waals surface area contributed by atoms with E-state index in [1.807, 2.05) is 13.8 Å². The van der Waals surface area contributed by atoms with Gasteiger partial charge in [0.05, 0.1) is 5.56 Å². The second-order valence-corrected chi connectivity index (χ2v) is 2.97. The molecule has 0 saturated heterocycles. The summed E-state index contributed by atoms with van der Waals surface area (Å²) in [4.78, 5) is 10.2. The van der Waals surface area contributed by atoms with Crippen LogP contribution in [0.1, 0.15) is 19.4 Å². The van der Waals surface area contributed by atoms with Gasteiger partial charge in [-0.3, -0.25) is 4.79 Å². The second kappa shape index (κ2) is 6.83. The summed E-state index contributed by atoms with van der Waals surface area (Å²) in [6, 6.07) is 1.77. The highest BCUT2D eigenvalue weighted by Gasteiger charge is 2.31. The molecule has 0 fully saturated rings. The molecule has 1 aromatic carbocycles. The van der Waals surface area contributed by atoms with Crippen molar-refractivity contribution in [3.63, 3.8) is 0 Å². The Morgan fingerprint density at radius 1 is 1.28 bits per heavy atom. The van der Waals surface area contributed by atoms with Gasteiger partial charge in [0, 0.05) is 5.69 Å². The Balaban J connectivity index is 0.00000137. The number of carboxylic acid groups (broad SMARTS) is 1. The number of carboxylic acids is 1. The molecule has 102 valence electrons. The zero-order chi connectivity index (χ0) is 14.3. The molecule has 0 aromatic heterocycles. The number of anilines is 1. The number of hydrogen-bond donors (Lipinski definition) is 2. The Morgan fingerprint density at radius 3 is 2.28 bits per heavy atom. The predicted molar refractivity (Wildman–Crippen MR) is 58.9 cm³/mol. The minimum Gasteiger partial charge on any atom is -0.480 e. The van der Waals surface area contributed by atoms with Crippen molar-refractivity contribution in [3.05, 3.63) is 29.6 Å². The largest absolute Gasteiger partial charge is 0.480 e. The normalized spacial score (nSPS) is 10.3. The summed E-state index contributed by atoms with van der Waals surface area (Å²) < 4.78 is 49.5. The molecule has 0 atom stereocenters. The lowest BCUT2D eigenvalue weighted by molar-refractivity contribution is -0.137. The molecular formula is C11H13F4NO2. The number of benzene rings is 1. The molecule has 1 aromatic rings. The van der Waals surface area contributed by atoms with Gasteiger partial charge < -0.3 is 10.4 Å². The third kappa shape index (κ3) is 5.51. The summed E-state index contributed by atoms with van der Waals surface area (Å²) in [7, 11) is 0. The van der Waals surface area contributed by atoms with Crippen LogP contribution in [0.4, 0.5) is 23.2 Å². The van der Waals surface area contributed by atoms with Crippen LogP contribution in [0, 0.1) is 5.82 Å². The number of nitrogens with one attached hydrogen (secondary N) is 1. The van der Waals surface area contributed by atoms with Crippen molar-refractivity contribution >= 4 is 11.7 Å². The molecule has 2 N–H and O–H groups in total. The molecule has 0 radical (unpaired) electrons. The summed E-state index contributed by atoms with van der Waals surface area (Å²) in [5, 5.41) is 10.5. The van der Waals surface area contributed by atoms with Gasteiger partial charge in [-0.25, -0.2) is 4.39 Å². The van der Waals surface area contributed by atoms with Crippen molar-refractivity contribution in [2.45, 2.75) is 20.0 Å². The van der Waals surface area contributed by atoms with E-state index in [0.717, 1.165) is 6.07 Å². The van der Waals surface area contributed by atoms with Gasteiger partial charge in [0.15, 0.2) is 0 Å². The summed E-state index contributed by atoms with van der Waals surface area (Å²) in [6.07, 6.45) is -4.66. The molecule has 3 nitrogen and oxygen atoms in total. The van der Waals surface area contributed by atoms with E-state index in [-0.39, 0.29) is 5.69 Å². The Labute approximate surface area is 101 Å². The molecule has 7 heteroatoms. The number of carbonyl (C=O) groups is 1. The van der Waals surface area contributed by atoms with Crippen LogP contribution in [0.15, 0.2) is 18.2 Å². The molecule has 0 spiro atoms. The van der Waals surface area contributed by atoms with Gasteiger partial charge in [-0.05, 0) is 18.2 Å². The molecule has 0 heterocycles. The quantitative estimate of drug-likeness (QED) is 0.825. The van der Waals surface area contributed by atoms with Crippen LogP contribution in [0.2, 0.25) is 0 Å². The zero-order valence-electron chi connectivity index (χ0n) is 9.81. The van der Waals surface area contributed by atoms with Crippen molar-refractivity contribution < 1.29 is 27.5 Å². The minimum atomic E-state index is -4.66. The van der Waals surface area contributed by atoms with Gasteiger partial charge in [-0.15, -0.1) is 0 Å². The van der Waals surface area contributed by atoms with Gasteiger partial charge in [-0.2, -0.15) is 13.2 Å². The smallest absolute Gasteiger partial charge is 0.416 e. The molecule has 0 amide bonds. The summed E-state index contributed by atoms with van der Waals surface area (Å²) >= 11 is 0. The Bertz CT molecular complexity index is 405. The Hall–Kier alpha value is -1.79. The van der Waals surface area contributed by atoms with Crippen LogP contribution < -0.4 is 5.32 Å². The first-order valence-electron chi connectivity index (χ1n) is 5.12. The van der Waals surface area contributed by atoms with Crippen LogP contribution in [0.5, 0.6) is 0 Å². The van der Waals surface area contributed by atoms with E-state index >= 15 is 0 Å². The van der Waals surface area contributed by atoms with Gasteiger partial charge in [-0.1, -0.05) is 13.8 Å². The average molecular weight is 267 g/mol. The molecule has 18 heavy (non-hydrogen) atoms. The standard InChI is InChI=1S/C9H7F4NO2.C2H6/c10-6-1-5(9(11,12)13)2-7(3-6)14-4-8(15)16;1-2/h1-3,14H,4H2,(H,15,16);1-2H3. The molecule has 0 aliphatic rings. The monoisotopic (exact) mass is 267 g/mol. The fourth-order valence-corrected chi connectivity index (χ4v) is 1.03. The summed E-state index contributed by atoms with van der Waals surface area (Å²) in [6.45, 7) is 3.42. The van der Waals surface area contributed by atoms with Gasteiger partial charge in [0.25, 0.3) is 0 Å². The molecule has 0 saturated carbocycles. The maximum Gasteiger partial charge on any atom is 0.416 e. The van der Waals surface area contributed by atoms with Crippen LogP contribution in [-0.4, -0.2) is 17.6 Å². The molecular weight excluding hydrogens is 254 g/mol. The molecule has 1 rings (SSSR count). The van der Waals surface area contributed by atoms with E-state index in [9.17, 15) is 22.4 Å². The maximum absolute atomic E-state index is 12.8. The van der Waals surface area contributed by atoms with E-state index in [0.29, 0.717) is 12.1 Å². The topological polar surface area (TPSA) is 49.3 Å². The van der Waals surface area contributed by atoms with Gasteiger partial charge in [0.2, 0.25) is 0 Å². The van der Waals surface area contributed by atoms with Crippen molar-refractivity contribution in [1.29, 1.82) is 0 Å². The SMILES string of the molecule is CC.O=C(O)CNc1cc(F)cc(C(F)(F)F)c1. The van der Waals surface area contributed by atoms with E-state index in [1.165, 1.54) is 0 Å². The number of halogens is 4. The minimum absolute atomic E-state index is 0.227. The highest BCUT2D eigenvalue weighted by Crippen LogP contribution is 2.31.